The summed E-state index contributed by atoms with van der Waals surface area (Å²) in [5.41, 5.74) is 0.495. The first-order valence-electron chi connectivity index (χ1n) is 3.90. The molecular weight excluding hydrogens is 179 g/mol. The van der Waals surface area contributed by atoms with Crippen LogP contribution in [0.25, 0.3) is 0 Å². The van der Waals surface area contributed by atoms with E-state index in [9.17, 15) is 13.2 Å². The maximum Gasteiger partial charge on any atom is 0.258 e. The molecule has 0 fully saturated rings. The van der Waals surface area contributed by atoms with Crippen molar-refractivity contribution in [1.29, 1.82) is 0 Å². The Labute approximate surface area is 74.6 Å². The molecule has 1 nitrogen and oxygen atoms in total. The molecular formula is C9H10F3N. The Morgan fingerprint density at radius 2 is 1.69 bits per heavy atom. The first-order chi connectivity index (χ1) is 6.09. The summed E-state index contributed by atoms with van der Waals surface area (Å²) in [4.78, 5) is 0. The number of rotatable bonds is 3. The number of benzene rings is 1. The first kappa shape index (κ1) is 9.89. The molecule has 0 amide bonds. The minimum Gasteiger partial charge on any atom is -0.377 e. The molecule has 1 aromatic rings. The van der Waals surface area contributed by atoms with Gasteiger partial charge in [0.05, 0.1) is 6.04 Å². The van der Waals surface area contributed by atoms with E-state index in [0.717, 1.165) is 0 Å². The summed E-state index contributed by atoms with van der Waals surface area (Å²) in [5.74, 6) is -0.379. The summed E-state index contributed by atoms with van der Waals surface area (Å²) in [6.45, 7) is 1.37. The van der Waals surface area contributed by atoms with E-state index >= 15 is 0 Å². The van der Waals surface area contributed by atoms with E-state index in [2.05, 4.69) is 5.32 Å². The van der Waals surface area contributed by atoms with Crippen LogP contribution in [0.1, 0.15) is 6.92 Å². The van der Waals surface area contributed by atoms with Gasteiger partial charge >= 0.3 is 0 Å². The van der Waals surface area contributed by atoms with Crippen molar-refractivity contribution in [3.05, 3.63) is 30.1 Å². The maximum absolute atomic E-state index is 12.4. The second kappa shape index (κ2) is 4.16. The van der Waals surface area contributed by atoms with Crippen molar-refractivity contribution < 1.29 is 13.2 Å². The molecule has 72 valence electrons. The van der Waals surface area contributed by atoms with E-state index in [-0.39, 0.29) is 5.82 Å². The number of hydrogen-bond acceptors (Lipinski definition) is 1. The van der Waals surface area contributed by atoms with Crippen LogP contribution in [-0.2, 0) is 0 Å². The van der Waals surface area contributed by atoms with Crippen molar-refractivity contribution in [3.8, 4) is 0 Å². The van der Waals surface area contributed by atoms with Crippen molar-refractivity contribution in [2.45, 2.75) is 19.4 Å². The summed E-state index contributed by atoms with van der Waals surface area (Å²) in [6, 6.07) is 4.37. The molecule has 0 aliphatic heterocycles. The monoisotopic (exact) mass is 189 g/mol. The van der Waals surface area contributed by atoms with Crippen LogP contribution in [0.2, 0.25) is 0 Å². The van der Waals surface area contributed by atoms with Crippen molar-refractivity contribution in [3.63, 3.8) is 0 Å². The molecule has 1 aromatic carbocycles. The van der Waals surface area contributed by atoms with E-state index in [1.54, 1.807) is 0 Å². The standard InChI is InChI=1S/C9H10F3N/c1-6(9(11)12)13-8-4-2-7(10)3-5-8/h2-6,9,13H,1H3. The van der Waals surface area contributed by atoms with Crippen LogP contribution < -0.4 is 5.32 Å². The number of anilines is 1. The van der Waals surface area contributed by atoms with Gasteiger partial charge in [-0.05, 0) is 31.2 Å². The van der Waals surface area contributed by atoms with Gasteiger partial charge in [-0.15, -0.1) is 0 Å². The molecule has 0 heterocycles. The molecule has 1 unspecified atom stereocenters. The van der Waals surface area contributed by atoms with E-state index in [4.69, 9.17) is 0 Å². The summed E-state index contributed by atoms with van der Waals surface area (Å²) in [7, 11) is 0. The van der Waals surface area contributed by atoms with Crippen LogP contribution in [0.4, 0.5) is 18.9 Å². The van der Waals surface area contributed by atoms with Gasteiger partial charge in [-0.1, -0.05) is 0 Å². The first-order valence-corrected chi connectivity index (χ1v) is 3.90. The molecule has 0 aliphatic carbocycles. The zero-order chi connectivity index (χ0) is 9.84. The number of alkyl halides is 2. The fraction of sp³-hybridized carbons (Fsp3) is 0.333. The third-order valence-corrected chi connectivity index (χ3v) is 1.62. The molecule has 13 heavy (non-hydrogen) atoms. The highest BCUT2D eigenvalue weighted by molar-refractivity contribution is 5.43. The van der Waals surface area contributed by atoms with Crippen LogP contribution in [0.15, 0.2) is 24.3 Å². The highest BCUT2D eigenvalue weighted by Gasteiger charge is 2.13. The van der Waals surface area contributed by atoms with Crippen molar-refractivity contribution in [2.75, 3.05) is 5.32 Å². The van der Waals surface area contributed by atoms with Gasteiger partial charge in [-0.2, -0.15) is 0 Å². The quantitative estimate of drug-likeness (QED) is 0.770. The van der Waals surface area contributed by atoms with E-state index in [1.807, 2.05) is 0 Å². The van der Waals surface area contributed by atoms with Crippen molar-refractivity contribution in [2.24, 2.45) is 0 Å². The molecule has 1 atom stereocenters. The Kier molecular flexibility index (Phi) is 3.17. The normalized spacial score (nSPS) is 13.0. The topological polar surface area (TPSA) is 12.0 Å². The smallest absolute Gasteiger partial charge is 0.258 e. The summed E-state index contributed by atoms with van der Waals surface area (Å²) < 4.78 is 36.5. The Bertz CT molecular complexity index is 258. The van der Waals surface area contributed by atoms with Crippen LogP contribution in [0, 0.1) is 5.82 Å². The van der Waals surface area contributed by atoms with Crippen LogP contribution in [0.5, 0.6) is 0 Å². The van der Waals surface area contributed by atoms with Gasteiger partial charge in [-0.25, -0.2) is 13.2 Å². The van der Waals surface area contributed by atoms with Gasteiger partial charge in [0.2, 0.25) is 0 Å². The molecule has 0 saturated carbocycles. The van der Waals surface area contributed by atoms with Crippen molar-refractivity contribution >= 4 is 5.69 Å². The molecule has 4 heteroatoms. The molecule has 0 aliphatic rings. The third-order valence-electron chi connectivity index (χ3n) is 1.62. The van der Waals surface area contributed by atoms with Crippen LogP contribution in [0.3, 0.4) is 0 Å². The highest BCUT2D eigenvalue weighted by atomic mass is 19.3. The number of nitrogens with one attached hydrogen (secondary N) is 1. The Morgan fingerprint density at radius 3 is 2.15 bits per heavy atom. The predicted molar refractivity (Wildman–Crippen MR) is 45.5 cm³/mol. The molecule has 0 radical (unpaired) electrons. The average Bonchev–Trinajstić information content (AvgIpc) is 2.08. The summed E-state index contributed by atoms with van der Waals surface area (Å²) in [6.07, 6.45) is -2.43. The lowest BCUT2D eigenvalue weighted by Gasteiger charge is -2.13. The second-order valence-electron chi connectivity index (χ2n) is 2.77. The van der Waals surface area contributed by atoms with E-state index < -0.39 is 12.5 Å². The van der Waals surface area contributed by atoms with Gasteiger partial charge in [-0.3, -0.25) is 0 Å². The highest BCUT2D eigenvalue weighted by Crippen LogP contribution is 2.12. The minimum absolute atomic E-state index is 0.379. The molecule has 1 rings (SSSR count). The predicted octanol–water partition coefficient (Wildman–Crippen LogP) is 2.89. The summed E-state index contributed by atoms with van der Waals surface area (Å²) >= 11 is 0. The Morgan fingerprint density at radius 1 is 1.15 bits per heavy atom. The molecule has 0 aromatic heterocycles. The fourth-order valence-electron chi connectivity index (χ4n) is 0.872. The lowest BCUT2D eigenvalue weighted by molar-refractivity contribution is 0.131. The lowest BCUT2D eigenvalue weighted by Crippen LogP contribution is -2.23. The van der Waals surface area contributed by atoms with Gasteiger partial charge in [0.1, 0.15) is 5.82 Å². The average molecular weight is 189 g/mol. The molecule has 0 spiro atoms. The van der Waals surface area contributed by atoms with E-state index in [1.165, 1.54) is 31.2 Å². The molecule has 0 bridgehead atoms. The van der Waals surface area contributed by atoms with Gasteiger partial charge in [0.15, 0.2) is 0 Å². The minimum atomic E-state index is -2.43. The van der Waals surface area contributed by atoms with Crippen molar-refractivity contribution in [1.82, 2.24) is 0 Å². The van der Waals surface area contributed by atoms with Gasteiger partial charge in [0, 0.05) is 5.69 Å². The largest absolute Gasteiger partial charge is 0.377 e. The molecule has 0 saturated heterocycles. The lowest BCUT2D eigenvalue weighted by atomic mass is 10.2. The van der Waals surface area contributed by atoms with Gasteiger partial charge < -0.3 is 5.32 Å². The third kappa shape index (κ3) is 2.97. The van der Waals surface area contributed by atoms with Crippen LogP contribution >= 0.6 is 0 Å². The van der Waals surface area contributed by atoms with Gasteiger partial charge in [0.25, 0.3) is 6.43 Å². The number of hydrogen-bond donors (Lipinski definition) is 1. The fourth-order valence-corrected chi connectivity index (χ4v) is 0.872. The maximum atomic E-state index is 12.4. The SMILES string of the molecule is CC(Nc1ccc(F)cc1)C(F)F. The Balaban J connectivity index is 2.59. The second-order valence-corrected chi connectivity index (χ2v) is 2.77. The Hall–Kier alpha value is -1.19. The zero-order valence-corrected chi connectivity index (χ0v) is 7.10. The molecule has 1 N–H and O–H groups in total. The zero-order valence-electron chi connectivity index (χ0n) is 7.10. The number of halogens is 3. The van der Waals surface area contributed by atoms with E-state index in [0.29, 0.717) is 5.69 Å². The van der Waals surface area contributed by atoms with Crippen LogP contribution in [-0.4, -0.2) is 12.5 Å². The summed E-state index contributed by atoms with van der Waals surface area (Å²) in [5, 5.41) is 2.55.